The van der Waals surface area contributed by atoms with E-state index in [-0.39, 0.29) is 6.67 Å². The maximum atomic E-state index is 12.2. The molecule has 0 amide bonds. The second-order valence-corrected chi connectivity index (χ2v) is 4.06. The highest BCUT2D eigenvalue weighted by Crippen LogP contribution is 2.18. The summed E-state index contributed by atoms with van der Waals surface area (Å²) in [5.41, 5.74) is 0. The predicted octanol–water partition coefficient (Wildman–Crippen LogP) is 2.63. The Morgan fingerprint density at radius 3 is 2.92 bits per heavy atom. The minimum atomic E-state index is -0.216. The molecule has 0 aliphatic carbocycles. The lowest BCUT2D eigenvalue weighted by Crippen LogP contribution is -2.29. The van der Waals surface area contributed by atoms with Crippen LogP contribution in [0.25, 0.3) is 0 Å². The van der Waals surface area contributed by atoms with Crippen molar-refractivity contribution in [3.05, 3.63) is 12.2 Å². The quantitative estimate of drug-likeness (QED) is 0.609. The van der Waals surface area contributed by atoms with Gasteiger partial charge in [0.1, 0.15) is 6.67 Å². The maximum absolute atomic E-state index is 12.2. The Morgan fingerprint density at radius 1 is 1.54 bits per heavy atom. The van der Waals surface area contributed by atoms with E-state index >= 15 is 0 Å². The topological polar surface area (TPSA) is 3.24 Å². The molecule has 0 spiro atoms. The van der Waals surface area contributed by atoms with Gasteiger partial charge in [0.2, 0.25) is 0 Å². The Kier molecular flexibility index (Phi) is 4.43. The number of nitrogens with zero attached hydrogens (tertiary/aromatic N) is 1. The van der Waals surface area contributed by atoms with Gasteiger partial charge in [-0.3, -0.25) is 4.90 Å². The number of rotatable bonds is 4. The van der Waals surface area contributed by atoms with Crippen molar-refractivity contribution in [3.8, 4) is 0 Å². The SMILES string of the molecule is CC(C)/C=C/C1CCCN1CCF. The average Bonchev–Trinajstić information content (AvgIpc) is 2.49. The number of allylic oxidation sites excluding steroid dienone is 1. The second kappa shape index (κ2) is 5.38. The lowest BCUT2D eigenvalue weighted by atomic mass is 10.1. The summed E-state index contributed by atoms with van der Waals surface area (Å²) in [6.07, 6.45) is 6.88. The van der Waals surface area contributed by atoms with Crippen LogP contribution in [0.1, 0.15) is 26.7 Å². The fraction of sp³-hybridized carbons (Fsp3) is 0.818. The molecular formula is C11H20FN. The van der Waals surface area contributed by atoms with E-state index < -0.39 is 0 Å². The van der Waals surface area contributed by atoms with E-state index in [0.29, 0.717) is 18.5 Å². The molecule has 0 aromatic carbocycles. The molecular weight excluding hydrogens is 165 g/mol. The van der Waals surface area contributed by atoms with E-state index in [2.05, 4.69) is 30.9 Å². The minimum absolute atomic E-state index is 0.216. The molecule has 0 bridgehead atoms. The summed E-state index contributed by atoms with van der Waals surface area (Å²) in [7, 11) is 0. The molecule has 0 aromatic rings. The van der Waals surface area contributed by atoms with Crippen molar-refractivity contribution in [1.82, 2.24) is 4.90 Å². The Bertz CT molecular complexity index is 165. The van der Waals surface area contributed by atoms with Crippen LogP contribution in [0.3, 0.4) is 0 Å². The highest BCUT2D eigenvalue weighted by atomic mass is 19.1. The van der Waals surface area contributed by atoms with Crippen LogP contribution in [0.4, 0.5) is 4.39 Å². The van der Waals surface area contributed by atoms with Crippen LogP contribution in [0.5, 0.6) is 0 Å². The molecule has 1 aliphatic rings. The van der Waals surface area contributed by atoms with Gasteiger partial charge in [0.25, 0.3) is 0 Å². The summed E-state index contributed by atoms with van der Waals surface area (Å²) in [6.45, 7) is 5.80. The van der Waals surface area contributed by atoms with Gasteiger partial charge in [-0.25, -0.2) is 4.39 Å². The molecule has 0 N–H and O–H groups in total. The number of halogens is 1. The van der Waals surface area contributed by atoms with Crippen LogP contribution in [0, 0.1) is 5.92 Å². The predicted molar refractivity (Wildman–Crippen MR) is 54.5 cm³/mol. The van der Waals surface area contributed by atoms with E-state index in [1.807, 2.05) is 0 Å². The van der Waals surface area contributed by atoms with Gasteiger partial charge in [0.05, 0.1) is 0 Å². The molecule has 1 saturated heterocycles. The summed E-state index contributed by atoms with van der Waals surface area (Å²) >= 11 is 0. The molecule has 1 fully saturated rings. The fourth-order valence-electron chi connectivity index (χ4n) is 1.81. The smallest absolute Gasteiger partial charge is 0.102 e. The first kappa shape index (κ1) is 10.7. The van der Waals surface area contributed by atoms with E-state index in [0.717, 1.165) is 6.54 Å². The van der Waals surface area contributed by atoms with Crippen LogP contribution in [-0.4, -0.2) is 30.7 Å². The molecule has 0 saturated carbocycles. The van der Waals surface area contributed by atoms with Crippen molar-refractivity contribution in [3.63, 3.8) is 0 Å². The monoisotopic (exact) mass is 185 g/mol. The number of hydrogen-bond donors (Lipinski definition) is 0. The van der Waals surface area contributed by atoms with Gasteiger partial charge in [0, 0.05) is 12.6 Å². The van der Waals surface area contributed by atoms with Crippen LogP contribution in [0.2, 0.25) is 0 Å². The van der Waals surface area contributed by atoms with Crippen molar-refractivity contribution >= 4 is 0 Å². The number of alkyl halides is 1. The lowest BCUT2D eigenvalue weighted by Gasteiger charge is -2.20. The third kappa shape index (κ3) is 3.47. The fourth-order valence-corrected chi connectivity index (χ4v) is 1.81. The largest absolute Gasteiger partial charge is 0.294 e. The lowest BCUT2D eigenvalue weighted by molar-refractivity contribution is 0.259. The van der Waals surface area contributed by atoms with Crippen molar-refractivity contribution in [2.24, 2.45) is 5.92 Å². The van der Waals surface area contributed by atoms with Gasteiger partial charge in [-0.15, -0.1) is 0 Å². The summed E-state index contributed by atoms with van der Waals surface area (Å²) < 4.78 is 12.2. The standard InChI is InChI=1S/C11H20FN/c1-10(2)5-6-11-4-3-8-13(11)9-7-12/h5-6,10-11H,3-4,7-9H2,1-2H3/b6-5+. The Morgan fingerprint density at radius 2 is 2.31 bits per heavy atom. The Labute approximate surface area is 80.6 Å². The average molecular weight is 185 g/mol. The molecule has 1 aliphatic heterocycles. The minimum Gasteiger partial charge on any atom is -0.294 e. The van der Waals surface area contributed by atoms with Gasteiger partial charge in [0.15, 0.2) is 0 Å². The van der Waals surface area contributed by atoms with Gasteiger partial charge < -0.3 is 0 Å². The summed E-state index contributed by atoms with van der Waals surface area (Å²) in [4.78, 5) is 2.24. The molecule has 13 heavy (non-hydrogen) atoms. The zero-order chi connectivity index (χ0) is 9.68. The molecule has 0 radical (unpaired) electrons. The first-order chi connectivity index (χ1) is 6.24. The molecule has 1 rings (SSSR count). The normalized spacial score (nSPS) is 25.1. The van der Waals surface area contributed by atoms with Crippen molar-refractivity contribution in [2.75, 3.05) is 19.8 Å². The third-order valence-electron chi connectivity index (χ3n) is 2.50. The number of likely N-dealkylation sites (tertiary alicyclic amines) is 1. The van der Waals surface area contributed by atoms with Crippen LogP contribution < -0.4 is 0 Å². The zero-order valence-electron chi connectivity index (χ0n) is 8.67. The molecule has 76 valence electrons. The van der Waals surface area contributed by atoms with E-state index in [1.54, 1.807) is 0 Å². The Balaban J connectivity index is 2.39. The molecule has 0 aromatic heterocycles. The molecule has 1 nitrogen and oxygen atoms in total. The maximum Gasteiger partial charge on any atom is 0.102 e. The van der Waals surface area contributed by atoms with Gasteiger partial charge in [-0.05, 0) is 25.3 Å². The third-order valence-corrected chi connectivity index (χ3v) is 2.50. The van der Waals surface area contributed by atoms with Gasteiger partial charge in [-0.2, -0.15) is 0 Å². The Hall–Kier alpha value is -0.370. The number of hydrogen-bond acceptors (Lipinski definition) is 1. The highest BCUT2D eigenvalue weighted by molar-refractivity contribution is 4.98. The van der Waals surface area contributed by atoms with E-state index in [4.69, 9.17) is 0 Å². The first-order valence-corrected chi connectivity index (χ1v) is 5.22. The summed E-state index contributed by atoms with van der Waals surface area (Å²) in [5.74, 6) is 0.604. The van der Waals surface area contributed by atoms with E-state index in [1.165, 1.54) is 12.8 Å². The van der Waals surface area contributed by atoms with E-state index in [9.17, 15) is 4.39 Å². The van der Waals surface area contributed by atoms with Crippen molar-refractivity contribution < 1.29 is 4.39 Å². The first-order valence-electron chi connectivity index (χ1n) is 5.22. The highest BCUT2D eigenvalue weighted by Gasteiger charge is 2.21. The van der Waals surface area contributed by atoms with Gasteiger partial charge >= 0.3 is 0 Å². The summed E-state index contributed by atoms with van der Waals surface area (Å²) in [5, 5.41) is 0. The van der Waals surface area contributed by atoms with Crippen molar-refractivity contribution in [2.45, 2.75) is 32.7 Å². The zero-order valence-corrected chi connectivity index (χ0v) is 8.67. The van der Waals surface area contributed by atoms with Crippen LogP contribution in [0.15, 0.2) is 12.2 Å². The summed E-state index contributed by atoms with van der Waals surface area (Å²) in [6, 6.07) is 0.498. The molecule has 1 heterocycles. The van der Waals surface area contributed by atoms with Crippen LogP contribution >= 0.6 is 0 Å². The molecule has 1 atom stereocenters. The molecule has 2 heteroatoms. The van der Waals surface area contributed by atoms with Crippen LogP contribution in [-0.2, 0) is 0 Å². The molecule has 1 unspecified atom stereocenters. The van der Waals surface area contributed by atoms with Crippen molar-refractivity contribution in [1.29, 1.82) is 0 Å². The second-order valence-electron chi connectivity index (χ2n) is 4.06. The van der Waals surface area contributed by atoms with Gasteiger partial charge in [-0.1, -0.05) is 26.0 Å².